The number of esters is 1. The summed E-state index contributed by atoms with van der Waals surface area (Å²) in [5.41, 5.74) is 1.53. The van der Waals surface area contributed by atoms with Gasteiger partial charge in [0.25, 0.3) is 0 Å². The topological polar surface area (TPSA) is 67.2 Å². The van der Waals surface area contributed by atoms with E-state index in [0.29, 0.717) is 29.4 Å². The number of hydrogen-bond acceptors (Lipinski definition) is 4. The molecule has 1 aromatic carbocycles. The lowest BCUT2D eigenvalue weighted by Crippen LogP contribution is -2.07. The minimum absolute atomic E-state index is 0.188. The molecule has 0 saturated heterocycles. The highest BCUT2D eigenvalue weighted by molar-refractivity contribution is 5.93. The summed E-state index contributed by atoms with van der Waals surface area (Å²) in [6, 6.07) is 4.83. The number of aldehydes is 1. The lowest BCUT2D eigenvalue weighted by molar-refractivity contribution is 0.0599. The van der Waals surface area contributed by atoms with E-state index in [1.54, 1.807) is 6.07 Å². The maximum atomic E-state index is 11.4. The number of nitrogens with zero attached hydrogens (tertiary/aromatic N) is 1. The van der Waals surface area contributed by atoms with Gasteiger partial charge in [-0.05, 0) is 24.1 Å². The molecular weight excluding hydrogens is 206 g/mol. The van der Waals surface area contributed by atoms with Gasteiger partial charge in [-0.15, -0.1) is 0 Å². The molecular formula is C12H11NO3. The van der Waals surface area contributed by atoms with Crippen LogP contribution in [0.4, 0.5) is 0 Å². The molecule has 0 N–H and O–H groups in total. The Morgan fingerprint density at radius 3 is 2.69 bits per heavy atom. The number of aryl methyl sites for hydroxylation is 1. The molecule has 0 spiro atoms. The van der Waals surface area contributed by atoms with Gasteiger partial charge in [-0.1, -0.05) is 6.92 Å². The van der Waals surface area contributed by atoms with Gasteiger partial charge in [0.1, 0.15) is 0 Å². The molecule has 1 aromatic rings. The van der Waals surface area contributed by atoms with E-state index in [4.69, 9.17) is 5.26 Å². The number of benzene rings is 1. The average molecular weight is 217 g/mol. The number of carbonyl (C=O) groups excluding carboxylic acids is 2. The summed E-state index contributed by atoms with van der Waals surface area (Å²) in [5, 5.41) is 8.83. The second kappa shape index (κ2) is 5.08. The van der Waals surface area contributed by atoms with Gasteiger partial charge in [-0.3, -0.25) is 4.79 Å². The molecule has 0 aliphatic rings. The lowest BCUT2D eigenvalue weighted by atomic mass is 9.98. The van der Waals surface area contributed by atoms with Crippen molar-refractivity contribution in [2.45, 2.75) is 13.3 Å². The molecule has 0 fully saturated rings. The van der Waals surface area contributed by atoms with Gasteiger partial charge in [0.15, 0.2) is 6.29 Å². The van der Waals surface area contributed by atoms with Crippen molar-refractivity contribution in [1.82, 2.24) is 0 Å². The molecule has 0 atom stereocenters. The van der Waals surface area contributed by atoms with Crippen LogP contribution in [-0.4, -0.2) is 19.4 Å². The Morgan fingerprint density at radius 2 is 2.25 bits per heavy atom. The summed E-state index contributed by atoms with van der Waals surface area (Å²) in [4.78, 5) is 22.2. The molecule has 82 valence electrons. The Labute approximate surface area is 93.5 Å². The number of methoxy groups -OCH3 is 1. The predicted molar refractivity (Wildman–Crippen MR) is 57.3 cm³/mol. The first kappa shape index (κ1) is 11.9. The number of nitriles is 1. The van der Waals surface area contributed by atoms with Crippen LogP contribution in [0.15, 0.2) is 12.1 Å². The Kier molecular flexibility index (Phi) is 3.78. The third-order valence-electron chi connectivity index (χ3n) is 2.31. The zero-order chi connectivity index (χ0) is 12.1. The zero-order valence-electron chi connectivity index (χ0n) is 9.11. The fraction of sp³-hybridized carbons (Fsp3) is 0.250. The third-order valence-corrected chi connectivity index (χ3v) is 2.31. The molecule has 0 heterocycles. The number of hydrogen-bond donors (Lipinski definition) is 0. The fourth-order valence-electron chi connectivity index (χ4n) is 1.45. The van der Waals surface area contributed by atoms with E-state index in [2.05, 4.69) is 4.74 Å². The summed E-state index contributed by atoms with van der Waals surface area (Å²) in [5.74, 6) is -0.495. The van der Waals surface area contributed by atoms with E-state index in [9.17, 15) is 9.59 Å². The Hall–Kier alpha value is -2.15. The van der Waals surface area contributed by atoms with E-state index in [0.717, 1.165) is 0 Å². The maximum absolute atomic E-state index is 11.4. The Morgan fingerprint density at radius 1 is 1.56 bits per heavy atom. The predicted octanol–water partition coefficient (Wildman–Crippen LogP) is 1.72. The van der Waals surface area contributed by atoms with Gasteiger partial charge in [-0.2, -0.15) is 5.26 Å². The van der Waals surface area contributed by atoms with Gasteiger partial charge in [0.05, 0.1) is 24.3 Å². The molecule has 0 aliphatic heterocycles. The summed E-state index contributed by atoms with van der Waals surface area (Å²) in [6.45, 7) is 1.86. The normalized spacial score (nSPS) is 9.31. The van der Waals surface area contributed by atoms with Gasteiger partial charge in [0, 0.05) is 5.56 Å². The summed E-state index contributed by atoms with van der Waals surface area (Å²) < 4.78 is 4.62. The van der Waals surface area contributed by atoms with Crippen molar-refractivity contribution in [3.05, 3.63) is 34.4 Å². The molecule has 0 aliphatic carbocycles. The number of rotatable bonds is 3. The molecule has 0 radical (unpaired) electrons. The molecule has 0 amide bonds. The van der Waals surface area contributed by atoms with Crippen LogP contribution >= 0.6 is 0 Å². The first-order chi connectivity index (χ1) is 7.67. The SMILES string of the molecule is CCc1cc(C=O)c(C#N)cc1C(=O)OC. The van der Waals surface area contributed by atoms with Crippen molar-refractivity contribution in [3.63, 3.8) is 0 Å². The lowest BCUT2D eigenvalue weighted by Gasteiger charge is -2.07. The molecule has 0 unspecified atom stereocenters. The zero-order valence-corrected chi connectivity index (χ0v) is 9.11. The maximum Gasteiger partial charge on any atom is 0.338 e. The van der Waals surface area contributed by atoms with Crippen molar-refractivity contribution in [2.75, 3.05) is 7.11 Å². The van der Waals surface area contributed by atoms with Gasteiger partial charge < -0.3 is 4.74 Å². The van der Waals surface area contributed by atoms with Crippen LogP contribution in [0.5, 0.6) is 0 Å². The van der Waals surface area contributed by atoms with E-state index in [-0.39, 0.29) is 5.56 Å². The van der Waals surface area contributed by atoms with Crippen molar-refractivity contribution >= 4 is 12.3 Å². The van der Waals surface area contributed by atoms with Gasteiger partial charge in [-0.25, -0.2) is 4.79 Å². The summed E-state index contributed by atoms with van der Waals surface area (Å²) >= 11 is 0. The Bertz CT molecular complexity index is 472. The number of ether oxygens (including phenoxy) is 1. The van der Waals surface area contributed by atoms with Crippen molar-refractivity contribution < 1.29 is 14.3 Å². The molecule has 0 aromatic heterocycles. The van der Waals surface area contributed by atoms with Crippen molar-refractivity contribution in [2.24, 2.45) is 0 Å². The van der Waals surface area contributed by atoms with Gasteiger partial charge in [0.2, 0.25) is 0 Å². The highest BCUT2D eigenvalue weighted by Gasteiger charge is 2.14. The monoisotopic (exact) mass is 217 g/mol. The van der Waals surface area contributed by atoms with Crippen LogP contribution in [0.25, 0.3) is 0 Å². The minimum atomic E-state index is -0.495. The first-order valence-corrected chi connectivity index (χ1v) is 4.78. The largest absolute Gasteiger partial charge is 0.465 e. The standard InChI is InChI=1S/C12H11NO3/c1-3-8-4-10(7-14)9(6-13)5-11(8)12(15)16-2/h4-5,7H,3H2,1-2H3. The van der Waals surface area contributed by atoms with E-state index >= 15 is 0 Å². The van der Waals surface area contributed by atoms with Crippen LogP contribution < -0.4 is 0 Å². The summed E-state index contributed by atoms with van der Waals surface area (Å²) in [6.07, 6.45) is 1.20. The second-order valence-electron chi connectivity index (χ2n) is 3.17. The minimum Gasteiger partial charge on any atom is -0.465 e. The van der Waals surface area contributed by atoms with E-state index in [1.165, 1.54) is 13.2 Å². The van der Waals surface area contributed by atoms with Crippen LogP contribution in [0, 0.1) is 11.3 Å². The second-order valence-corrected chi connectivity index (χ2v) is 3.17. The third kappa shape index (κ3) is 2.09. The fourth-order valence-corrected chi connectivity index (χ4v) is 1.45. The number of carbonyl (C=O) groups is 2. The van der Waals surface area contributed by atoms with Crippen molar-refractivity contribution in [1.29, 1.82) is 5.26 Å². The van der Waals surface area contributed by atoms with Crippen molar-refractivity contribution in [3.8, 4) is 6.07 Å². The molecule has 0 saturated carbocycles. The Balaban J connectivity index is 3.44. The smallest absolute Gasteiger partial charge is 0.338 e. The quantitative estimate of drug-likeness (QED) is 0.571. The van der Waals surface area contributed by atoms with Crippen LogP contribution in [0.3, 0.4) is 0 Å². The molecule has 4 heteroatoms. The highest BCUT2D eigenvalue weighted by Crippen LogP contribution is 2.17. The highest BCUT2D eigenvalue weighted by atomic mass is 16.5. The van der Waals surface area contributed by atoms with Crippen LogP contribution in [-0.2, 0) is 11.2 Å². The van der Waals surface area contributed by atoms with Gasteiger partial charge >= 0.3 is 5.97 Å². The average Bonchev–Trinajstić information content (AvgIpc) is 2.35. The van der Waals surface area contributed by atoms with E-state index in [1.807, 2.05) is 13.0 Å². The van der Waals surface area contributed by atoms with E-state index < -0.39 is 5.97 Å². The summed E-state index contributed by atoms with van der Waals surface area (Å²) in [7, 11) is 1.28. The van der Waals surface area contributed by atoms with Crippen LogP contribution in [0.2, 0.25) is 0 Å². The molecule has 16 heavy (non-hydrogen) atoms. The molecule has 1 rings (SSSR count). The molecule has 4 nitrogen and oxygen atoms in total. The first-order valence-electron chi connectivity index (χ1n) is 4.78. The molecule has 0 bridgehead atoms. The van der Waals surface area contributed by atoms with Crippen LogP contribution in [0.1, 0.15) is 38.8 Å².